The zero-order valence-corrected chi connectivity index (χ0v) is 10.9. The van der Waals surface area contributed by atoms with Crippen molar-refractivity contribution in [3.63, 3.8) is 0 Å². The van der Waals surface area contributed by atoms with Crippen molar-refractivity contribution in [2.24, 2.45) is 0 Å². The highest BCUT2D eigenvalue weighted by Crippen LogP contribution is 2.37. The largest absolute Gasteiger partial charge is 0.409 e. The molecule has 1 aliphatic heterocycles. The second-order valence-electron chi connectivity index (χ2n) is 4.40. The molecule has 0 aliphatic carbocycles. The molecular weight excluding hydrogens is 284 g/mol. The van der Waals surface area contributed by atoms with E-state index in [2.05, 4.69) is 9.97 Å². The number of benzene rings is 1. The van der Waals surface area contributed by atoms with Crippen LogP contribution in [0.25, 0.3) is 0 Å². The number of ether oxygens (including phenoxy) is 1. The van der Waals surface area contributed by atoms with Gasteiger partial charge in [-0.1, -0.05) is 29.8 Å². The monoisotopic (exact) mass is 292 g/mol. The molecule has 0 amide bonds. The van der Waals surface area contributed by atoms with Gasteiger partial charge in [0, 0.05) is 10.9 Å². The van der Waals surface area contributed by atoms with E-state index in [9.17, 15) is 14.4 Å². The number of H-pyrrole nitrogens is 2. The van der Waals surface area contributed by atoms with Crippen molar-refractivity contribution in [3.05, 3.63) is 61.3 Å². The van der Waals surface area contributed by atoms with Crippen LogP contribution >= 0.6 is 11.6 Å². The standard InChI is InChI=1S/C13H9ClN2O4/c14-8-4-2-1-3-6(8)7-5-9(17)20-12-10(7)11(18)15-13(19)16-12/h1-4,7H,5H2,(H2,15,16,18,19). The summed E-state index contributed by atoms with van der Waals surface area (Å²) >= 11 is 6.12. The second-order valence-corrected chi connectivity index (χ2v) is 4.81. The van der Waals surface area contributed by atoms with Crippen LogP contribution in [0.4, 0.5) is 0 Å². The minimum Gasteiger partial charge on any atom is -0.409 e. The third-order valence-electron chi connectivity index (χ3n) is 3.16. The first-order valence-electron chi connectivity index (χ1n) is 5.88. The summed E-state index contributed by atoms with van der Waals surface area (Å²) in [5, 5.41) is 0.448. The zero-order valence-electron chi connectivity index (χ0n) is 10.1. The van der Waals surface area contributed by atoms with E-state index in [0.29, 0.717) is 10.6 Å². The Morgan fingerprint density at radius 3 is 2.65 bits per heavy atom. The van der Waals surface area contributed by atoms with Gasteiger partial charge in [0.1, 0.15) is 0 Å². The molecule has 0 bridgehead atoms. The fourth-order valence-electron chi connectivity index (χ4n) is 2.32. The highest BCUT2D eigenvalue weighted by Gasteiger charge is 2.33. The van der Waals surface area contributed by atoms with Crippen molar-refractivity contribution in [3.8, 4) is 5.88 Å². The Hall–Kier alpha value is -2.34. The minimum atomic E-state index is -0.721. The first kappa shape index (κ1) is 12.7. The third-order valence-corrected chi connectivity index (χ3v) is 3.50. The van der Waals surface area contributed by atoms with E-state index >= 15 is 0 Å². The third kappa shape index (κ3) is 2.04. The van der Waals surface area contributed by atoms with Crippen LogP contribution in [0.5, 0.6) is 5.88 Å². The lowest BCUT2D eigenvalue weighted by Gasteiger charge is -2.23. The number of carbonyl (C=O) groups is 1. The van der Waals surface area contributed by atoms with Gasteiger partial charge in [0.05, 0.1) is 12.0 Å². The lowest BCUT2D eigenvalue weighted by Crippen LogP contribution is -2.34. The molecule has 1 unspecified atom stereocenters. The van der Waals surface area contributed by atoms with Crippen molar-refractivity contribution in [1.82, 2.24) is 9.97 Å². The topological polar surface area (TPSA) is 92.0 Å². The average Bonchev–Trinajstić information content (AvgIpc) is 2.37. The van der Waals surface area contributed by atoms with Gasteiger partial charge in [-0.3, -0.25) is 19.6 Å². The first-order chi connectivity index (χ1) is 9.56. The van der Waals surface area contributed by atoms with E-state index < -0.39 is 23.1 Å². The molecule has 0 saturated heterocycles. The van der Waals surface area contributed by atoms with Crippen LogP contribution in [0.3, 0.4) is 0 Å². The van der Waals surface area contributed by atoms with Gasteiger partial charge >= 0.3 is 11.7 Å². The van der Waals surface area contributed by atoms with Crippen LogP contribution in [-0.4, -0.2) is 15.9 Å². The van der Waals surface area contributed by atoms with E-state index in [0.717, 1.165) is 0 Å². The highest BCUT2D eigenvalue weighted by molar-refractivity contribution is 6.31. The maximum atomic E-state index is 12.0. The Morgan fingerprint density at radius 1 is 1.15 bits per heavy atom. The van der Waals surface area contributed by atoms with E-state index in [4.69, 9.17) is 16.3 Å². The second kappa shape index (κ2) is 4.64. The Morgan fingerprint density at radius 2 is 1.90 bits per heavy atom. The molecule has 0 spiro atoms. The molecule has 7 heteroatoms. The summed E-state index contributed by atoms with van der Waals surface area (Å²) in [7, 11) is 0. The van der Waals surface area contributed by atoms with Gasteiger partial charge in [-0.25, -0.2) is 4.79 Å². The molecule has 2 heterocycles. The SMILES string of the molecule is O=C1CC(c2ccccc2Cl)c2c([nH]c(=O)[nH]c2=O)O1. The Kier molecular flexibility index (Phi) is 2.94. The molecule has 1 aromatic heterocycles. The Balaban J connectivity index is 2.26. The fourth-order valence-corrected chi connectivity index (χ4v) is 2.59. The summed E-state index contributed by atoms with van der Waals surface area (Å²) in [6.45, 7) is 0. The van der Waals surface area contributed by atoms with Crippen molar-refractivity contribution >= 4 is 17.6 Å². The number of hydrogen-bond donors (Lipinski definition) is 2. The van der Waals surface area contributed by atoms with Gasteiger partial charge in [0.25, 0.3) is 5.56 Å². The normalized spacial score (nSPS) is 17.4. The summed E-state index contributed by atoms with van der Waals surface area (Å²) < 4.78 is 4.93. The highest BCUT2D eigenvalue weighted by atomic mass is 35.5. The fraction of sp³-hybridized carbons (Fsp3) is 0.154. The quantitative estimate of drug-likeness (QED) is 0.771. The smallest absolute Gasteiger partial charge is 0.328 e. The number of aromatic amines is 2. The molecule has 6 nitrogen and oxygen atoms in total. The van der Waals surface area contributed by atoms with Crippen LogP contribution in [0.15, 0.2) is 33.9 Å². The average molecular weight is 293 g/mol. The van der Waals surface area contributed by atoms with Crippen LogP contribution in [-0.2, 0) is 4.79 Å². The van der Waals surface area contributed by atoms with E-state index in [1.54, 1.807) is 24.3 Å². The number of rotatable bonds is 1. The molecule has 0 fully saturated rings. The van der Waals surface area contributed by atoms with Crippen LogP contribution in [0.2, 0.25) is 5.02 Å². The molecule has 20 heavy (non-hydrogen) atoms. The molecule has 102 valence electrons. The van der Waals surface area contributed by atoms with Crippen molar-refractivity contribution in [1.29, 1.82) is 0 Å². The number of hydrogen-bond acceptors (Lipinski definition) is 4. The van der Waals surface area contributed by atoms with Crippen LogP contribution < -0.4 is 16.0 Å². The maximum absolute atomic E-state index is 12.0. The summed E-state index contributed by atoms with van der Waals surface area (Å²) in [5.41, 5.74) is -0.454. The first-order valence-corrected chi connectivity index (χ1v) is 6.25. The van der Waals surface area contributed by atoms with Gasteiger partial charge < -0.3 is 4.74 Å². The summed E-state index contributed by atoms with van der Waals surface area (Å²) in [6.07, 6.45) is -0.00808. The van der Waals surface area contributed by atoms with Gasteiger partial charge in [-0.15, -0.1) is 0 Å². The summed E-state index contributed by atoms with van der Waals surface area (Å²) in [4.78, 5) is 39.3. The van der Waals surface area contributed by atoms with Gasteiger partial charge in [0.2, 0.25) is 5.88 Å². The number of fused-ring (bicyclic) bond motifs is 1. The molecule has 3 rings (SSSR count). The Bertz CT molecular complexity index is 809. The van der Waals surface area contributed by atoms with Crippen molar-refractivity contribution in [2.45, 2.75) is 12.3 Å². The number of aromatic nitrogens is 2. The molecular formula is C13H9ClN2O4. The number of esters is 1. The number of nitrogens with one attached hydrogen (secondary N) is 2. The summed E-state index contributed by atoms with van der Waals surface area (Å²) in [5.74, 6) is -1.18. The minimum absolute atomic E-state index is 0.00808. The molecule has 2 N–H and O–H groups in total. The number of carbonyl (C=O) groups excluding carboxylic acids is 1. The van der Waals surface area contributed by atoms with Gasteiger partial charge in [-0.2, -0.15) is 0 Å². The predicted molar refractivity (Wildman–Crippen MR) is 71.2 cm³/mol. The van der Waals surface area contributed by atoms with Crippen molar-refractivity contribution < 1.29 is 9.53 Å². The zero-order chi connectivity index (χ0) is 14.3. The molecule has 1 atom stereocenters. The molecule has 1 aliphatic rings. The van der Waals surface area contributed by atoms with Crippen LogP contribution in [0, 0.1) is 0 Å². The lowest BCUT2D eigenvalue weighted by molar-refractivity contribution is -0.136. The van der Waals surface area contributed by atoms with Crippen molar-refractivity contribution in [2.75, 3.05) is 0 Å². The number of halogens is 1. The Labute approximate surface area is 117 Å². The van der Waals surface area contributed by atoms with Crippen LogP contribution in [0.1, 0.15) is 23.5 Å². The van der Waals surface area contributed by atoms with E-state index in [1.165, 1.54) is 0 Å². The lowest BCUT2D eigenvalue weighted by atomic mass is 9.88. The molecule has 0 radical (unpaired) electrons. The molecule has 1 aromatic carbocycles. The van der Waals surface area contributed by atoms with Gasteiger partial charge in [0.15, 0.2) is 0 Å². The predicted octanol–water partition coefficient (Wildman–Crippen LogP) is 1.16. The maximum Gasteiger partial charge on any atom is 0.328 e. The van der Waals surface area contributed by atoms with E-state index in [-0.39, 0.29) is 17.9 Å². The molecule has 0 saturated carbocycles. The summed E-state index contributed by atoms with van der Waals surface area (Å²) in [6, 6.07) is 6.93. The van der Waals surface area contributed by atoms with Gasteiger partial charge in [-0.05, 0) is 11.6 Å². The van der Waals surface area contributed by atoms with E-state index in [1.807, 2.05) is 0 Å². The molecule has 2 aromatic rings.